The van der Waals surface area contributed by atoms with Crippen LogP contribution in [0.15, 0.2) is 12.1 Å². The Labute approximate surface area is 86.3 Å². The van der Waals surface area contributed by atoms with E-state index in [1.54, 1.807) is 12.1 Å². The van der Waals surface area contributed by atoms with Crippen molar-refractivity contribution in [3.63, 3.8) is 0 Å². The molecule has 3 nitrogen and oxygen atoms in total. The molecule has 0 aliphatic rings. The monoisotopic (exact) mass is 208 g/mol. The SMILES string of the molecule is Cc1nc2cc(Cl)cc(C=O)c2n1C. The molecule has 0 spiro atoms. The minimum atomic E-state index is 0.540. The maximum Gasteiger partial charge on any atom is 0.152 e. The van der Waals surface area contributed by atoms with Crippen LogP contribution in [0.25, 0.3) is 11.0 Å². The Morgan fingerprint density at radius 1 is 1.50 bits per heavy atom. The van der Waals surface area contributed by atoms with Crippen LogP contribution in [0.5, 0.6) is 0 Å². The number of carbonyl (C=O) groups is 1. The number of halogens is 1. The average Bonchev–Trinajstić information content (AvgIpc) is 2.41. The van der Waals surface area contributed by atoms with E-state index in [9.17, 15) is 4.79 Å². The second kappa shape index (κ2) is 3.10. The number of aryl methyl sites for hydroxylation is 2. The molecule has 1 aromatic heterocycles. The highest BCUT2D eigenvalue weighted by Gasteiger charge is 2.09. The van der Waals surface area contributed by atoms with Gasteiger partial charge >= 0.3 is 0 Å². The fourth-order valence-corrected chi connectivity index (χ4v) is 1.78. The molecule has 0 N–H and O–H groups in total. The molecule has 0 atom stereocenters. The van der Waals surface area contributed by atoms with Crippen LogP contribution in [0.1, 0.15) is 16.2 Å². The van der Waals surface area contributed by atoms with Gasteiger partial charge in [-0.1, -0.05) is 11.6 Å². The maximum atomic E-state index is 10.8. The van der Waals surface area contributed by atoms with Crippen LogP contribution in [0.4, 0.5) is 0 Å². The Morgan fingerprint density at radius 2 is 2.21 bits per heavy atom. The summed E-state index contributed by atoms with van der Waals surface area (Å²) in [6, 6.07) is 3.41. The van der Waals surface area contributed by atoms with Gasteiger partial charge in [0, 0.05) is 17.6 Å². The van der Waals surface area contributed by atoms with Crippen molar-refractivity contribution < 1.29 is 4.79 Å². The van der Waals surface area contributed by atoms with Crippen LogP contribution >= 0.6 is 11.6 Å². The Balaban J connectivity index is 2.95. The molecule has 0 unspecified atom stereocenters. The van der Waals surface area contributed by atoms with Gasteiger partial charge in [0.15, 0.2) is 6.29 Å². The topological polar surface area (TPSA) is 34.9 Å². The Hall–Kier alpha value is -1.35. The van der Waals surface area contributed by atoms with E-state index < -0.39 is 0 Å². The smallest absolute Gasteiger partial charge is 0.152 e. The van der Waals surface area contributed by atoms with E-state index in [0.717, 1.165) is 23.1 Å². The van der Waals surface area contributed by atoms with E-state index in [1.807, 2.05) is 18.5 Å². The van der Waals surface area contributed by atoms with Gasteiger partial charge < -0.3 is 4.57 Å². The number of benzene rings is 1. The lowest BCUT2D eigenvalue weighted by Crippen LogP contribution is -1.93. The summed E-state index contributed by atoms with van der Waals surface area (Å²) in [5.41, 5.74) is 2.18. The summed E-state index contributed by atoms with van der Waals surface area (Å²) in [6.07, 6.45) is 0.801. The number of hydrogen-bond acceptors (Lipinski definition) is 2. The Morgan fingerprint density at radius 3 is 2.86 bits per heavy atom. The number of hydrogen-bond donors (Lipinski definition) is 0. The van der Waals surface area contributed by atoms with Gasteiger partial charge in [-0.25, -0.2) is 4.98 Å². The highest BCUT2D eigenvalue weighted by molar-refractivity contribution is 6.31. The van der Waals surface area contributed by atoms with Crippen molar-refractivity contribution in [3.05, 3.63) is 28.5 Å². The first-order valence-corrected chi connectivity index (χ1v) is 4.59. The summed E-state index contributed by atoms with van der Waals surface area (Å²) >= 11 is 5.86. The van der Waals surface area contributed by atoms with Crippen molar-refractivity contribution in [2.45, 2.75) is 6.92 Å². The molecule has 0 bridgehead atoms. The summed E-state index contributed by atoms with van der Waals surface area (Å²) in [5, 5.41) is 0.540. The fourth-order valence-electron chi connectivity index (χ4n) is 1.56. The standard InChI is InChI=1S/C10H9ClN2O/c1-6-12-9-4-8(11)3-7(5-14)10(9)13(6)2/h3-5H,1-2H3. The van der Waals surface area contributed by atoms with Gasteiger partial charge in [-0.3, -0.25) is 4.79 Å². The molecule has 0 radical (unpaired) electrons. The van der Waals surface area contributed by atoms with Crippen LogP contribution < -0.4 is 0 Å². The number of aromatic nitrogens is 2. The maximum absolute atomic E-state index is 10.8. The normalized spacial score (nSPS) is 10.8. The first-order chi connectivity index (χ1) is 6.63. The Bertz CT molecular complexity index is 516. The van der Waals surface area contributed by atoms with Crippen molar-refractivity contribution in [2.24, 2.45) is 7.05 Å². The number of nitrogens with zero attached hydrogens (tertiary/aromatic N) is 2. The fraction of sp³-hybridized carbons (Fsp3) is 0.200. The molecular formula is C10H9ClN2O. The highest BCUT2D eigenvalue weighted by atomic mass is 35.5. The second-order valence-corrected chi connectivity index (χ2v) is 3.64. The zero-order valence-corrected chi connectivity index (χ0v) is 8.67. The summed E-state index contributed by atoms with van der Waals surface area (Å²) in [6.45, 7) is 1.89. The summed E-state index contributed by atoms with van der Waals surface area (Å²) in [7, 11) is 1.88. The zero-order chi connectivity index (χ0) is 10.3. The molecule has 2 aromatic rings. The van der Waals surface area contributed by atoms with Gasteiger partial charge in [0.2, 0.25) is 0 Å². The lowest BCUT2D eigenvalue weighted by Gasteiger charge is -2.00. The van der Waals surface area contributed by atoms with Crippen molar-refractivity contribution in [1.82, 2.24) is 9.55 Å². The molecule has 0 saturated carbocycles. The third kappa shape index (κ3) is 1.21. The van der Waals surface area contributed by atoms with Crippen molar-refractivity contribution in [3.8, 4) is 0 Å². The van der Waals surface area contributed by atoms with Crippen LogP contribution in [0.2, 0.25) is 5.02 Å². The zero-order valence-electron chi connectivity index (χ0n) is 7.91. The molecule has 0 aliphatic heterocycles. The third-order valence-corrected chi connectivity index (χ3v) is 2.53. The summed E-state index contributed by atoms with van der Waals surface area (Å²) in [4.78, 5) is 15.1. The molecule has 14 heavy (non-hydrogen) atoms. The predicted molar refractivity (Wildman–Crippen MR) is 55.8 cm³/mol. The number of fused-ring (bicyclic) bond motifs is 1. The van der Waals surface area contributed by atoms with Crippen molar-refractivity contribution >= 4 is 28.9 Å². The molecule has 1 heterocycles. The van der Waals surface area contributed by atoms with Crippen molar-refractivity contribution in [2.75, 3.05) is 0 Å². The minimum Gasteiger partial charge on any atom is -0.331 e. The van der Waals surface area contributed by atoms with E-state index in [0.29, 0.717) is 10.6 Å². The van der Waals surface area contributed by atoms with Crippen LogP contribution in [-0.4, -0.2) is 15.8 Å². The van der Waals surface area contributed by atoms with E-state index in [-0.39, 0.29) is 0 Å². The quantitative estimate of drug-likeness (QED) is 0.675. The van der Waals surface area contributed by atoms with E-state index in [4.69, 9.17) is 11.6 Å². The highest BCUT2D eigenvalue weighted by Crippen LogP contribution is 2.22. The van der Waals surface area contributed by atoms with E-state index >= 15 is 0 Å². The van der Waals surface area contributed by atoms with E-state index in [1.165, 1.54) is 0 Å². The van der Waals surface area contributed by atoms with Gasteiger partial charge in [-0.15, -0.1) is 0 Å². The lowest BCUT2D eigenvalue weighted by molar-refractivity contribution is 0.112. The average molecular weight is 209 g/mol. The minimum absolute atomic E-state index is 0.540. The molecule has 1 aromatic carbocycles. The van der Waals surface area contributed by atoms with Gasteiger partial charge in [-0.2, -0.15) is 0 Å². The first-order valence-electron chi connectivity index (χ1n) is 4.21. The number of aldehydes is 1. The van der Waals surface area contributed by atoms with Gasteiger partial charge in [0.25, 0.3) is 0 Å². The lowest BCUT2D eigenvalue weighted by atomic mass is 10.2. The van der Waals surface area contributed by atoms with Crippen LogP contribution in [0, 0.1) is 6.92 Å². The molecular weight excluding hydrogens is 200 g/mol. The molecule has 0 saturated heterocycles. The first kappa shape index (κ1) is 9.21. The third-order valence-electron chi connectivity index (χ3n) is 2.31. The molecule has 72 valence electrons. The number of rotatable bonds is 1. The summed E-state index contributed by atoms with van der Waals surface area (Å²) in [5.74, 6) is 0.866. The molecule has 2 rings (SSSR count). The molecule has 0 amide bonds. The largest absolute Gasteiger partial charge is 0.331 e. The second-order valence-electron chi connectivity index (χ2n) is 3.20. The molecule has 4 heteroatoms. The van der Waals surface area contributed by atoms with E-state index in [2.05, 4.69) is 4.98 Å². The number of imidazole rings is 1. The predicted octanol–water partition coefficient (Wildman–Crippen LogP) is 2.35. The van der Waals surface area contributed by atoms with Crippen molar-refractivity contribution in [1.29, 1.82) is 0 Å². The number of carbonyl (C=O) groups excluding carboxylic acids is 1. The van der Waals surface area contributed by atoms with Crippen LogP contribution in [-0.2, 0) is 7.05 Å². The van der Waals surface area contributed by atoms with Gasteiger partial charge in [0.05, 0.1) is 11.0 Å². The van der Waals surface area contributed by atoms with Gasteiger partial charge in [-0.05, 0) is 19.1 Å². The Kier molecular flexibility index (Phi) is 2.04. The van der Waals surface area contributed by atoms with Crippen LogP contribution in [0.3, 0.4) is 0 Å². The molecule has 0 fully saturated rings. The summed E-state index contributed by atoms with van der Waals surface area (Å²) < 4.78 is 1.88. The van der Waals surface area contributed by atoms with Gasteiger partial charge in [0.1, 0.15) is 5.82 Å². The molecule has 0 aliphatic carbocycles.